The molecule has 0 fully saturated rings. The average molecular weight is 471 g/mol. The van der Waals surface area contributed by atoms with E-state index in [0.717, 1.165) is 21.9 Å². The third kappa shape index (κ3) is 5.69. The maximum absolute atomic E-state index is 13.4. The van der Waals surface area contributed by atoms with Gasteiger partial charge in [-0.25, -0.2) is 8.42 Å². The highest BCUT2D eigenvalue weighted by atomic mass is 35.5. The first kappa shape index (κ1) is 23.8. The van der Waals surface area contributed by atoms with Gasteiger partial charge in [0, 0.05) is 5.02 Å². The molecule has 0 aliphatic rings. The van der Waals surface area contributed by atoms with Gasteiger partial charge >= 0.3 is 0 Å². The standard InChI is InChI=1S/C25H27ClN2O3S/c1-4-20-10-12-21(13-11-20)19(3)27-25(29)17-28(23-7-5-6-22(26)16-23)32(30,31)24-14-8-18(2)9-15-24/h5-16,19H,4,17H2,1-3H3,(H,27,29). The number of amides is 1. The first-order valence-corrected chi connectivity index (χ1v) is 12.3. The summed E-state index contributed by atoms with van der Waals surface area (Å²) in [6.07, 6.45) is 0.937. The van der Waals surface area contributed by atoms with Crippen LogP contribution in [0.2, 0.25) is 5.02 Å². The van der Waals surface area contributed by atoms with Gasteiger partial charge in [0.05, 0.1) is 16.6 Å². The summed E-state index contributed by atoms with van der Waals surface area (Å²) in [6, 6.07) is 20.7. The number of rotatable bonds is 8. The maximum Gasteiger partial charge on any atom is 0.264 e. The molecule has 0 aliphatic carbocycles. The Hall–Kier alpha value is -2.83. The summed E-state index contributed by atoms with van der Waals surface area (Å²) < 4.78 is 27.9. The molecule has 3 aromatic rings. The van der Waals surface area contributed by atoms with Crippen molar-refractivity contribution in [1.29, 1.82) is 0 Å². The Morgan fingerprint density at radius 1 is 1.03 bits per heavy atom. The quantitative estimate of drug-likeness (QED) is 0.486. The Morgan fingerprint density at radius 3 is 2.28 bits per heavy atom. The Labute approximate surface area is 195 Å². The SMILES string of the molecule is CCc1ccc(C(C)NC(=O)CN(c2cccc(Cl)c2)S(=O)(=O)c2ccc(C)cc2)cc1. The molecule has 168 valence electrons. The van der Waals surface area contributed by atoms with E-state index in [9.17, 15) is 13.2 Å². The van der Waals surface area contributed by atoms with Crippen molar-refractivity contribution in [3.05, 3.63) is 94.5 Å². The molecule has 1 N–H and O–H groups in total. The highest BCUT2D eigenvalue weighted by Crippen LogP contribution is 2.26. The monoisotopic (exact) mass is 470 g/mol. The van der Waals surface area contributed by atoms with Crippen LogP contribution in [0.1, 0.15) is 36.6 Å². The van der Waals surface area contributed by atoms with Crippen molar-refractivity contribution < 1.29 is 13.2 Å². The maximum atomic E-state index is 13.4. The number of hydrogen-bond donors (Lipinski definition) is 1. The minimum absolute atomic E-state index is 0.110. The normalized spacial score (nSPS) is 12.2. The van der Waals surface area contributed by atoms with E-state index >= 15 is 0 Å². The molecule has 0 spiro atoms. The lowest BCUT2D eigenvalue weighted by Crippen LogP contribution is -2.41. The van der Waals surface area contributed by atoms with Crippen LogP contribution in [0.4, 0.5) is 5.69 Å². The predicted molar refractivity (Wildman–Crippen MR) is 130 cm³/mol. The van der Waals surface area contributed by atoms with Crippen molar-refractivity contribution in [3.63, 3.8) is 0 Å². The average Bonchev–Trinajstić information content (AvgIpc) is 2.77. The van der Waals surface area contributed by atoms with Gasteiger partial charge in [-0.2, -0.15) is 0 Å². The van der Waals surface area contributed by atoms with Crippen LogP contribution >= 0.6 is 11.6 Å². The van der Waals surface area contributed by atoms with E-state index in [1.54, 1.807) is 30.3 Å². The Morgan fingerprint density at radius 2 is 1.69 bits per heavy atom. The highest BCUT2D eigenvalue weighted by Gasteiger charge is 2.28. The molecule has 1 amide bonds. The van der Waals surface area contributed by atoms with Crippen LogP contribution in [0.25, 0.3) is 0 Å². The molecule has 0 saturated carbocycles. The smallest absolute Gasteiger partial charge is 0.264 e. The first-order chi connectivity index (χ1) is 15.2. The molecule has 0 radical (unpaired) electrons. The van der Waals surface area contributed by atoms with Crippen LogP contribution in [0, 0.1) is 6.92 Å². The third-order valence-corrected chi connectivity index (χ3v) is 7.28. The van der Waals surface area contributed by atoms with E-state index in [1.807, 2.05) is 38.1 Å². The van der Waals surface area contributed by atoms with Crippen LogP contribution < -0.4 is 9.62 Å². The van der Waals surface area contributed by atoms with Crippen molar-refractivity contribution in [3.8, 4) is 0 Å². The molecule has 1 atom stereocenters. The molecule has 0 aliphatic heterocycles. The first-order valence-electron chi connectivity index (χ1n) is 10.4. The van der Waals surface area contributed by atoms with E-state index < -0.39 is 15.9 Å². The second-order valence-electron chi connectivity index (χ2n) is 7.69. The van der Waals surface area contributed by atoms with E-state index in [-0.39, 0.29) is 17.5 Å². The van der Waals surface area contributed by atoms with Gasteiger partial charge in [-0.15, -0.1) is 0 Å². The number of hydrogen-bond acceptors (Lipinski definition) is 3. The molecule has 0 aromatic heterocycles. The molecule has 5 nitrogen and oxygen atoms in total. The van der Waals surface area contributed by atoms with Crippen LogP contribution in [0.5, 0.6) is 0 Å². The number of nitrogens with one attached hydrogen (secondary N) is 1. The molecular formula is C25H27ClN2O3S. The number of halogens is 1. The summed E-state index contributed by atoms with van der Waals surface area (Å²) in [5.74, 6) is -0.410. The van der Waals surface area contributed by atoms with Crippen molar-refractivity contribution in [2.24, 2.45) is 0 Å². The number of carbonyl (C=O) groups excluding carboxylic acids is 1. The van der Waals surface area contributed by atoms with Crippen molar-refractivity contribution in [1.82, 2.24) is 5.32 Å². The minimum Gasteiger partial charge on any atom is -0.348 e. The summed E-state index contributed by atoms with van der Waals surface area (Å²) in [7, 11) is -3.98. The topological polar surface area (TPSA) is 66.5 Å². The van der Waals surface area contributed by atoms with E-state index in [1.165, 1.54) is 23.8 Å². The summed E-state index contributed by atoms with van der Waals surface area (Å²) in [5.41, 5.74) is 3.43. The van der Waals surface area contributed by atoms with Gasteiger partial charge in [-0.1, -0.05) is 66.6 Å². The van der Waals surface area contributed by atoms with E-state index in [0.29, 0.717) is 10.7 Å². The third-order valence-electron chi connectivity index (χ3n) is 5.26. The zero-order valence-corrected chi connectivity index (χ0v) is 20.0. The molecule has 1 unspecified atom stereocenters. The summed E-state index contributed by atoms with van der Waals surface area (Å²) in [5, 5.41) is 3.29. The second-order valence-corrected chi connectivity index (χ2v) is 9.99. The van der Waals surface area contributed by atoms with Gasteiger partial charge < -0.3 is 5.32 Å². The number of sulfonamides is 1. The van der Waals surface area contributed by atoms with Crippen LogP contribution in [-0.4, -0.2) is 20.9 Å². The predicted octanol–water partition coefficient (Wildman–Crippen LogP) is 5.28. The number of nitrogens with zero attached hydrogens (tertiary/aromatic N) is 1. The zero-order valence-electron chi connectivity index (χ0n) is 18.4. The fourth-order valence-electron chi connectivity index (χ4n) is 3.33. The van der Waals surface area contributed by atoms with Gasteiger partial charge in [0.1, 0.15) is 6.54 Å². The van der Waals surface area contributed by atoms with Gasteiger partial charge in [0.15, 0.2) is 0 Å². The van der Waals surface area contributed by atoms with Gasteiger partial charge in [-0.05, 0) is 61.7 Å². The highest BCUT2D eigenvalue weighted by molar-refractivity contribution is 7.92. The number of anilines is 1. The van der Waals surface area contributed by atoms with Crippen LogP contribution in [0.15, 0.2) is 77.7 Å². The van der Waals surface area contributed by atoms with Crippen molar-refractivity contribution in [2.75, 3.05) is 10.8 Å². The number of carbonyl (C=O) groups is 1. The zero-order chi connectivity index (χ0) is 23.3. The van der Waals surface area contributed by atoms with Crippen LogP contribution in [0.3, 0.4) is 0 Å². The van der Waals surface area contributed by atoms with Gasteiger partial charge in [0.25, 0.3) is 10.0 Å². The largest absolute Gasteiger partial charge is 0.348 e. The fraction of sp³-hybridized carbons (Fsp3) is 0.240. The lowest BCUT2D eigenvalue weighted by Gasteiger charge is -2.25. The van der Waals surface area contributed by atoms with Crippen molar-refractivity contribution in [2.45, 2.75) is 38.1 Å². The molecule has 32 heavy (non-hydrogen) atoms. The summed E-state index contributed by atoms with van der Waals surface area (Å²) in [4.78, 5) is 13.0. The summed E-state index contributed by atoms with van der Waals surface area (Å²) >= 11 is 6.11. The van der Waals surface area contributed by atoms with Gasteiger partial charge in [-0.3, -0.25) is 9.10 Å². The molecule has 7 heteroatoms. The Balaban J connectivity index is 1.86. The van der Waals surface area contributed by atoms with Gasteiger partial charge in [0.2, 0.25) is 5.91 Å². The number of aryl methyl sites for hydroxylation is 2. The number of benzene rings is 3. The second kappa shape index (κ2) is 10.2. The fourth-order valence-corrected chi connectivity index (χ4v) is 4.92. The van der Waals surface area contributed by atoms with E-state index in [4.69, 9.17) is 11.6 Å². The molecule has 0 heterocycles. The molecule has 0 bridgehead atoms. The van der Waals surface area contributed by atoms with Crippen LogP contribution in [-0.2, 0) is 21.2 Å². The lowest BCUT2D eigenvalue weighted by atomic mass is 10.1. The minimum atomic E-state index is -3.98. The van der Waals surface area contributed by atoms with Crippen molar-refractivity contribution >= 4 is 33.2 Å². The molecule has 0 saturated heterocycles. The summed E-state index contributed by atoms with van der Waals surface area (Å²) in [6.45, 7) is 5.47. The molecule has 3 rings (SSSR count). The van der Waals surface area contributed by atoms with E-state index in [2.05, 4.69) is 12.2 Å². The lowest BCUT2D eigenvalue weighted by molar-refractivity contribution is -0.120. The molecular weight excluding hydrogens is 444 g/mol. The Bertz CT molecular complexity index is 1180. The molecule has 3 aromatic carbocycles. The Kier molecular flexibility index (Phi) is 7.59.